The number of esters is 1. The van der Waals surface area contributed by atoms with Gasteiger partial charge in [0.25, 0.3) is 0 Å². The van der Waals surface area contributed by atoms with Crippen LogP contribution in [-0.4, -0.2) is 12.1 Å². The highest BCUT2D eigenvalue weighted by Crippen LogP contribution is 2.23. The molecule has 1 atom stereocenters. The molecule has 1 aliphatic carbocycles. The van der Waals surface area contributed by atoms with Crippen molar-refractivity contribution in [2.24, 2.45) is 0 Å². The maximum absolute atomic E-state index is 11.5. The lowest BCUT2D eigenvalue weighted by molar-refractivity contribution is -0.143. The fraction of sp³-hybridized carbons (Fsp3) is 0.400. The van der Waals surface area contributed by atoms with E-state index in [2.05, 4.69) is 18.2 Å². The summed E-state index contributed by atoms with van der Waals surface area (Å²) >= 11 is 0. The SMILES string of the molecule is CC(C)=CC(=O)OC1CCc2ccccc2C1. The lowest BCUT2D eigenvalue weighted by Crippen LogP contribution is -2.24. The highest BCUT2D eigenvalue weighted by atomic mass is 16.5. The Hall–Kier alpha value is -1.57. The molecule has 2 rings (SSSR count). The van der Waals surface area contributed by atoms with Crippen LogP contribution in [0.5, 0.6) is 0 Å². The Balaban J connectivity index is 1.99. The zero-order chi connectivity index (χ0) is 12.3. The van der Waals surface area contributed by atoms with Crippen LogP contribution in [0.3, 0.4) is 0 Å². The highest BCUT2D eigenvalue weighted by Gasteiger charge is 2.20. The number of benzene rings is 1. The molecule has 0 N–H and O–H groups in total. The molecule has 0 aromatic heterocycles. The van der Waals surface area contributed by atoms with Gasteiger partial charge in [-0.3, -0.25) is 0 Å². The van der Waals surface area contributed by atoms with Crippen molar-refractivity contribution >= 4 is 5.97 Å². The summed E-state index contributed by atoms with van der Waals surface area (Å²) in [7, 11) is 0. The smallest absolute Gasteiger partial charge is 0.330 e. The Labute approximate surface area is 102 Å². The van der Waals surface area contributed by atoms with Gasteiger partial charge < -0.3 is 4.74 Å². The molecule has 0 spiro atoms. The Kier molecular flexibility index (Phi) is 3.62. The zero-order valence-electron chi connectivity index (χ0n) is 10.4. The number of allylic oxidation sites excluding steroid dienone is 1. The number of hydrogen-bond acceptors (Lipinski definition) is 2. The summed E-state index contributed by atoms with van der Waals surface area (Å²) in [4.78, 5) is 11.5. The first-order valence-electron chi connectivity index (χ1n) is 6.07. The predicted molar refractivity (Wildman–Crippen MR) is 67.8 cm³/mol. The third-order valence-corrected chi connectivity index (χ3v) is 2.99. The fourth-order valence-electron chi connectivity index (χ4n) is 2.20. The number of ether oxygens (including phenoxy) is 1. The summed E-state index contributed by atoms with van der Waals surface area (Å²) in [5.41, 5.74) is 3.68. The summed E-state index contributed by atoms with van der Waals surface area (Å²) in [6.45, 7) is 3.80. The molecular weight excluding hydrogens is 212 g/mol. The van der Waals surface area contributed by atoms with Crippen molar-refractivity contribution in [3.05, 3.63) is 47.0 Å². The second kappa shape index (κ2) is 5.17. The van der Waals surface area contributed by atoms with Gasteiger partial charge >= 0.3 is 5.97 Å². The minimum absolute atomic E-state index is 0.0352. The normalized spacial score (nSPS) is 18.1. The van der Waals surface area contributed by atoms with Gasteiger partial charge in [-0.05, 0) is 37.8 Å². The number of rotatable bonds is 2. The Morgan fingerprint density at radius 3 is 2.71 bits per heavy atom. The van der Waals surface area contributed by atoms with Crippen LogP contribution in [0.4, 0.5) is 0 Å². The van der Waals surface area contributed by atoms with E-state index in [-0.39, 0.29) is 12.1 Å². The quantitative estimate of drug-likeness (QED) is 0.576. The van der Waals surface area contributed by atoms with Crippen LogP contribution in [0.25, 0.3) is 0 Å². The van der Waals surface area contributed by atoms with Gasteiger partial charge in [-0.1, -0.05) is 29.8 Å². The Bertz CT molecular complexity index is 442. The van der Waals surface area contributed by atoms with Gasteiger partial charge in [0.15, 0.2) is 0 Å². The van der Waals surface area contributed by atoms with Crippen molar-refractivity contribution in [2.45, 2.75) is 39.2 Å². The summed E-state index contributed by atoms with van der Waals surface area (Å²) in [6, 6.07) is 8.38. The molecule has 2 nitrogen and oxygen atoms in total. The van der Waals surface area contributed by atoms with E-state index in [1.807, 2.05) is 19.9 Å². The second-order valence-electron chi connectivity index (χ2n) is 4.79. The number of hydrogen-bond donors (Lipinski definition) is 0. The van der Waals surface area contributed by atoms with Gasteiger partial charge in [0.1, 0.15) is 6.10 Å². The maximum atomic E-state index is 11.5. The molecule has 1 unspecified atom stereocenters. The standard InChI is InChI=1S/C15H18O2/c1-11(2)9-15(16)17-14-8-7-12-5-3-4-6-13(12)10-14/h3-6,9,14H,7-8,10H2,1-2H3. The van der Waals surface area contributed by atoms with Crippen LogP contribution in [0.15, 0.2) is 35.9 Å². The van der Waals surface area contributed by atoms with Gasteiger partial charge in [-0.15, -0.1) is 0 Å². The van der Waals surface area contributed by atoms with Crippen LogP contribution < -0.4 is 0 Å². The van der Waals surface area contributed by atoms with Crippen molar-refractivity contribution in [3.63, 3.8) is 0 Å². The number of fused-ring (bicyclic) bond motifs is 1. The molecule has 17 heavy (non-hydrogen) atoms. The molecule has 1 aliphatic rings. The van der Waals surface area contributed by atoms with E-state index in [1.54, 1.807) is 6.08 Å². The van der Waals surface area contributed by atoms with E-state index in [4.69, 9.17) is 4.74 Å². The molecule has 0 bridgehead atoms. The maximum Gasteiger partial charge on any atom is 0.330 e. The van der Waals surface area contributed by atoms with Crippen LogP contribution in [0.1, 0.15) is 31.4 Å². The molecule has 90 valence electrons. The third-order valence-electron chi connectivity index (χ3n) is 2.99. The van der Waals surface area contributed by atoms with Crippen molar-refractivity contribution in [1.29, 1.82) is 0 Å². The molecule has 0 saturated heterocycles. The van der Waals surface area contributed by atoms with E-state index >= 15 is 0 Å². The van der Waals surface area contributed by atoms with Crippen molar-refractivity contribution < 1.29 is 9.53 Å². The van der Waals surface area contributed by atoms with Gasteiger partial charge in [0, 0.05) is 12.5 Å². The first-order valence-corrected chi connectivity index (χ1v) is 6.07. The molecule has 1 aromatic carbocycles. The Morgan fingerprint density at radius 2 is 2.00 bits per heavy atom. The van der Waals surface area contributed by atoms with Gasteiger partial charge in [0.05, 0.1) is 0 Å². The van der Waals surface area contributed by atoms with Gasteiger partial charge in [0.2, 0.25) is 0 Å². The van der Waals surface area contributed by atoms with Crippen LogP contribution >= 0.6 is 0 Å². The van der Waals surface area contributed by atoms with E-state index < -0.39 is 0 Å². The second-order valence-corrected chi connectivity index (χ2v) is 4.79. The molecule has 0 fully saturated rings. The van der Waals surface area contributed by atoms with Crippen LogP contribution in [0.2, 0.25) is 0 Å². The Morgan fingerprint density at radius 1 is 1.29 bits per heavy atom. The minimum Gasteiger partial charge on any atom is -0.459 e. The summed E-state index contributed by atoms with van der Waals surface area (Å²) < 4.78 is 5.44. The van der Waals surface area contributed by atoms with E-state index in [0.29, 0.717) is 0 Å². The lowest BCUT2D eigenvalue weighted by Gasteiger charge is -2.24. The highest BCUT2D eigenvalue weighted by molar-refractivity contribution is 5.82. The largest absolute Gasteiger partial charge is 0.459 e. The van der Waals surface area contributed by atoms with Crippen molar-refractivity contribution in [1.82, 2.24) is 0 Å². The molecule has 0 heterocycles. The lowest BCUT2D eigenvalue weighted by atomic mass is 9.90. The number of carbonyl (C=O) groups excluding carboxylic acids is 1. The van der Waals surface area contributed by atoms with Gasteiger partial charge in [-0.2, -0.15) is 0 Å². The summed E-state index contributed by atoms with van der Waals surface area (Å²) in [5, 5.41) is 0. The molecule has 0 aliphatic heterocycles. The number of carbonyl (C=O) groups is 1. The molecule has 0 amide bonds. The first-order chi connectivity index (χ1) is 8.15. The van der Waals surface area contributed by atoms with Gasteiger partial charge in [-0.25, -0.2) is 4.79 Å². The molecule has 1 aromatic rings. The average molecular weight is 230 g/mol. The zero-order valence-corrected chi connectivity index (χ0v) is 10.4. The van der Waals surface area contributed by atoms with Crippen LogP contribution in [-0.2, 0) is 22.4 Å². The predicted octanol–water partition coefficient (Wildman–Crippen LogP) is 3.05. The topological polar surface area (TPSA) is 26.3 Å². The monoisotopic (exact) mass is 230 g/mol. The van der Waals surface area contributed by atoms with Crippen LogP contribution in [0, 0.1) is 0 Å². The summed E-state index contributed by atoms with van der Waals surface area (Å²) in [5.74, 6) is -0.214. The average Bonchev–Trinajstić information content (AvgIpc) is 2.27. The molecule has 2 heteroatoms. The van der Waals surface area contributed by atoms with Crippen molar-refractivity contribution in [3.8, 4) is 0 Å². The van der Waals surface area contributed by atoms with Crippen molar-refractivity contribution in [2.75, 3.05) is 0 Å². The molecule has 0 saturated carbocycles. The van der Waals surface area contributed by atoms with E-state index in [1.165, 1.54) is 11.1 Å². The minimum atomic E-state index is -0.214. The fourth-order valence-corrected chi connectivity index (χ4v) is 2.20. The first kappa shape index (κ1) is 11.9. The summed E-state index contributed by atoms with van der Waals surface area (Å²) in [6.07, 6.45) is 4.37. The number of aryl methyl sites for hydroxylation is 1. The van der Waals surface area contributed by atoms with E-state index in [0.717, 1.165) is 24.8 Å². The molecule has 0 radical (unpaired) electrons. The molecular formula is C15H18O2. The van der Waals surface area contributed by atoms with E-state index in [9.17, 15) is 4.79 Å². The third kappa shape index (κ3) is 3.19.